The molecule has 0 saturated carbocycles. The van der Waals surface area contributed by atoms with Gasteiger partial charge in [0, 0.05) is 22.5 Å². The van der Waals surface area contributed by atoms with Crippen LogP contribution in [0.2, 0.25) is 0 Å². The number of anilines is 1. The summed E-state index contributed by atoms with van der Waals surface area (Å²) in [6, 6.07) is 8.15. The summed E-state index contributed by atoms with van der Waals surface area (Å²) in [5, 5.41) is 6.02. The number of nitrogens with zero attached hydrogens (tertiary/aromatic N) is 1. The summed E-state index contributed by atoms with van der Waals surface area (Å²) >= 11 is 5.02. The highest BCUT2D eigenvalue weighted by atomic mass is 79.9. The molecule has 0 atom stereocenters. The van der Waals surface area contributed by atoms with Crippen LogP contribution in [0.15, 0.2) is 34.1 Å². The summed E-state index contributed by atoms with van der Waals surface area (Å²) in [5.41, 5.74) is 2.16. The lowest BCUT2D eigenvalue weighted by atomic mass is 10.2. The SMILES string of the molecule is CNc1nc(-c2ccc(Br)cc2)cs1. The van der Waals surface area contributed by atoms with Gasteiger partial charge in [0.15, 0.2) is 5.13 Å². The molecule has 0 amide bonds. The highest BCUT2D eigenvalue weighted by molar-refractivity contribution is 9.10. The van der Waals surface area contributed by atoms with Gasteiger partial charge in [-0.1, -0.05) is 28.1 Å². The maximum absolute atomic E-state index is 4.42. The van der Waals surface area contributed by atoms with Crippen LogP contribution in [0, 0.1) is 0 Å². The number of benzene rings is 1. The van der Waals surface area contributed by atoms with E-state index in [1.165, 1.54) is 0 Å². The third-order valence-electron chi connectivity index (χ3n) is 1.86. The second kappa shape index (κ2) is 4.11. The minimum absolute atomic E-state index is 0.947. The molecule has 4 heteroatoms. The van der Waals surface area contributed by atoms with E-state index in [4.69, 9.17) is 0 Å². The van der Waals surface area contributed by atoms with E-state index in [1.807, 2.05) is 19.2 Å². The fourth-order valence-corrected chi connectivity index (χ4v) is 2.09. The van der Waals surface area contributed by atoms with Crippen LogP contribution >= 0.6 is 27.3 Å². The molecule has 0 aliphatic carbocycles. The molecule has 1 aromatic carbocycles. The lowest BCUT2D eigenvalue weighted by Crippen LogP contribution is -1.85. The monoisotopic (exact) mass is 268 g/mol. The zero-order valence-corrected chi connectivity index (χ0v) is 10.0. The number of hydrogen-bond acceptors (Lipinski definition) is 3. The van der Waals surface area contributed by atoms with Crippen molar-refractivity contribution < 1.29 is 0 Å². The van der Waals surface area contributed by atoms with Gasteiger partial charge in [-0.3, -0.25) is 0 Å². The Morgan fingerprint density at radius 1 is 1.29 bits per heavy atom. The van der Waals surface area contributed by atoms with Crippen molar-refractivity contribution in [3.63, 3.8) is 0 Å². The Morgan fingerprint density at radius 2 is 2.00 bits per heavy atom. The normalized spacial score (nSPS) is 10.1. The van der Waals surface area contributed by atoms with Crippen LogP contribution in [-0.4, -0.2) is 12.0 Å². The molecule has 0 bridgehead atoms. The van der Waals surface area contributed by atoms with Crippen LogP contribution in [0.25, 0.3) is 11.3 Å². The number of rotatable bonds is 2. The second-order valence-corrected chi connectivity index (χ2v) is 4.57. The van der Waals surface area contributed by atoms with Crippen LogP contribution in [-0.2, 0) is 0 Å². The predicted octanol–water partition coefficient (Wildman–Crippen LogP) is 3.61. The maximum atomic E-state index is 4.42. The number of nitrogens with one attached hydrogen (secondary N) is 1. The van der Waals surface area contributed by atoms with Gasteiger partial charge in [0.1, 0.15) is 0 Å². The quantitative estimate of drug-likeness (QED) is 0.900. The first-order valence-electron chi connectivity index (χ1n) is 4.19. The Hall–Kier alpha value is -0.870. The summed E-state index contributed by atoms with van der Waals surface area (Å²) in [7, 11) is 1.88. The fraction of sp³-hybridized carbons (Fsp3) is 0.100. The molecule has 14 heavy (non-hydrogen) atoms. The van der Waals surface area contributed by atoms with Crippen molar-refractivity contribution in [1.82, 2.24) is 4.98 Å². The summed E-state index contributed by atoms with van der Waals surface area (Å²) in [6.45, 7) is 0. The molecule has 0 aliphatic rings. The van der Waals surface area contributed by atoms with Crippen LogP contribution in [0.3, 0.4) is 0 Å². The molecule has 2 nitrogen and oxygen atoms in total. The topological polar surface area (TPSA) is 24.9 Å². The largest absolute Gasteiger partial charge is 0.365 e. The third kappa shape index (κ3) is 1.96. The standard InChI is InChI=1S/C10H9BrN2S/c1-12-10-13-9(6-14-10)7-2-4-8(11)5-3-7/h2-6H,1H3,(H,12,13). The summed E-state index contributed by atoms with van der Waals surface area (Å²) in [4.78, 5) is 4.42. The van der Waals surface area contributed by atoms with Crippen molar-refractivity contribution in [3.05, 3.63) is 34.1 Å². The molecular weight excluding hydrogens is 260 g/mol. The molecule has 0 saturated heterocycles. The van der Waals surface area contributed by atoms with E-state index < -0.39 is 0 Å². The molecule has 1 N–H and O–H groups in total. The molecule has 0 radical (unpaired) electrons. The first-order chi connectivity index (χ1) is 6.79. The van der Waals surface area contributed by atoms with Gasteiger partial charge in [-0.2, -0.15) is 0 Å². The molecule has 0 unspecified atom stereocenters. The van der Waals surface area contributed by atoms with Gasteiger partial charge in [0.25, 0.3) is 0 Å². The van der Waals surface area contributed by atoms with Gasteiger partial charge in [-0.25, -0.2) is 4.98 Å². The van der Waals surface area contributed by atoms with E-state index in [0.29, 0.717) is 0 Å². The van der Waals surface area contributed by atoms with Gasteiger partial charge < -0.3 is 5.32 Å². The van der Waals surface area contributed by atoms with Gasteiger partial charge >= 0.3 is 0 Å². The zero-order valence-electron chi connectivity index (χ0n) is 7.62. The average molecular weight is 269 g/mol. The Bertz CT molecular complexity index is 422. The molecular formula is C10H9BrN2S. The van der Waals surface area contributed by atoms with Crippen molar-refractivity contribution >= 4 is 32.4 Å². The average Bonchev–Trinajstić information content (AvgIpc) is 2.67. The minimum atomic E-state index is 0.947. The third-order valence-corrected chi connectivity index (χ3v) is 3.25. The van der Waals surface area contributed by atoms with Crippen molar-refractivity contribution in [2.45, 2.75) is 0 Å². The first kappa shape index (κ1) is 9.68. The van der Waals surface area contributed by atoms with E-state index in [0.717, 1.165) is 20.9 Å². The molecule has 1 heterocycles. The van der Waals surface area contributed by atoms with Gasteiger partial charge in [0.05, 0.1) is 5.69 Å². The molecule has 0 spiro atoms. The predicted molar refractivity (Wildman–Crippen MR) is 64.8 cm³/mol. The van der Waals surface area contributed by atoms with Crippen LogP contribution in [0.1, 0.15) is 0 Å². The van der Waals surface area contributed by atoms with Gasteiger partial charge in [-0.05, 0) is 12.1 Å². The van der Waals surface area contributed by atoms with E-state index in [2.05, 4.69) is 43.7 Å². The second-order valence-electron chi connectivity index (χ2n) is 2.79. The molecule has 0 aliphatic heterocycles. The molecule has 1 aromatic heterocycles. The van der Waals surface area contributed by atoms with E-state index in [9.17, 15) is 0 Å². The first-order valence-corrected chi connectivity index (χ1v) is 5.86. The zero-order chi connectivity index (χ0) is 9.97. The van der Waals surface area contributed by atoms with Gasteiger partial charge in [-0.15, -0.1) is 11.3 Å². The van der Waals surface area contributed by atoms with Crippen LogP contribution in [0.4, 0.5) is 5.13 Å². The Labute approximate surface area is 95.1 Å². The highest BCUT2D eigenvalue weighted by Crippen LogP contribution is 2.25. The number of halogens is 1. The maximum Gasteiger partial charge on any atom is 0.182 e. The lowest BCUT2D eigenvalue weighted by molar-refractivity contribution is 1.36. The van der Waals surface area contributed by atoms with Gasteiger partial charge in [0.2, 0.25) is 0 Å². The summed E-state index contributed by atoms with van der Waals surface area (Å²) < 4.78 is 1.09. The molecule has 0 fully saturated rings. The molecule has 2 aromatic rings. The minimum Gasteiger partial charge on any atom is -0.365 e. The summed E-state index contributed by atoms with van der Waals surface area (Å²) in [6.07, 6.45) is 0. The Kier molecular flexibility index (Phi) is 2.84. The van der Waals surface area contributed by atoms with Crippen LogP contribution in [0.5, 0.6) is 0 Å². The molecule has 2 rings (SSSR count). The van der Waals surface area contributed by atoms with Crippen molar-refractivity contribution in [2.75, 3.05) is 12.4 Å². The lowest BCUT2D eigenvalue weighted by Gasteiger charge is -1.96. The fourth-order valence-electron chi connectivity index (χ4n) is 1.14. The van der Waals surface area contributed by atoms with E-state index in [-0.39, 0.29) is 0 Å². The smallest absolute Gasteiger partial charge is 0.182 e. The van der Waals surface area contributed by atoms with Crippen molar-refractivity contribution in [3.8, 4) is 11.3 Å². The Morgan fingerprint density at radius 3 is 2.57 bits per heavy atom. The van der Waals surface area contributed by atoms with Crippen molar-refractivity contribution in [2.24, 2.45) is 0 Å². The van der Waals surface area contributed by atoms with E-state index in [1.54, 1.807) is 11.3 Å². The number of hydrogen-bond donors (Lipinski definition) is 1. The number of aromatic nitrogens is 1. The Balaban J connectivity index is 2.34. The number of thiazole rings is 1. The van der Waals surface area contributed by atoms with Crippen molar-refractivity contribution in [1.29, 1.82) is 0 Å². The summed E-state index contributed by atoms with van der Waals surface area (Å²) in [5.74, 6) is 0. The van der Waals surface area contributed by atoms with Crippen LogP contribution < -0.4 is 5.32 Å². The highest BCUT2D eigenvalue weighted by Gasteiger charge is 2.02. The van der Waals surface area contributed by atoms with E-state index >= 15 is 0 Å². The molecule has 72 valence electrons.